The summed E-state index contributed by atoms with van der Waals surface area (Å²) in [6.07, 6.45) is 0.945. The number of piperidine rings is 1. The van der Waals surface area contributed by atoms with Gasteiger partial charge in [0, 0.05) is 25.5 Å². The van der Waals surface area contributed by atoms with Crippen molar-refractivity contribution in [1.82, 2.24) is 14.7 Å². The molecule has 0 bridgehead atoms. The monoisotopic (exact) mass is 233 g/mol. The average Bonchev–Trinajstić information content (AvgIpc) is 2.69. The Morgan fingerprint density at radius 3 is 2.44 bits per heavy atom. The van der Waals surface area contributed by atoms with Gasteiger partial charge in [0.1, 0.15) is 0 Å². The number of nitrogens with zero attached hydrogens (tertiary/aromatic N) is 3. The highest BCUT2D eigenvalue weighted by atomic mass is 19.4. The maximum Gasteiger partial charge on any atom is 0.401 e. The summed E-state index contributed by atoms with van der Waals surface area (Å²) in [7, 11) is 0. The molecule has 1 aromatic rings. The second kappa shape index (κ2) is 4.45. The van der Waals surface area contributed by atoms with Gasteiger partial charge in [0.25, 0.3) is 0 Å². The molecule has 0 spiro atoms. The van der Waals surface area contributed by atoms with Gasteiger partial charge in [-0.15, -0.1) is 0 Å². The summed E-state index contributed by atoms with van der Waals surface area (Å²) >= 11 is 0. The van der Waals surface area contributed by atoms with Crippen molar-refractivity contribution >= 4 is 0 Å². The van der Waals surface area contributed by atoms with Crippen molar-refractivity contribution in [3.8, 4) is 0 Å². The molecule has 2 heterocycles. The lowest BCUT2D eigenvalue weighted by Gasteiger charge is -2.32. The molecular weight excluding hydrogens is 219 g/mol. The standard InChI is InChI=1S/C10H14F3N3/c11-10(12,13)8-15-6-2-9(3-7-15)16-5-1-4-14-16/h1,4-5,9H,2-3,6-8H2. The number of likely N-dealkylation sites (tertiary alicyclic amines) is 1. The van der Waals surface area contributed by atoms with E-state index in [2.05, 4.69) is 5.10 Å². The predicted octanol–water partition coefficient (Wildman–Crippen LogP) is 2.08. The quantitative estimate of drug-likeness (QED) is 0.779. The van der Waals surface area contributed by atoms with Crippen molar-refractivity contribution in [2.75, 3.05) is 19.6 Å². The van der Waals surface area contributed by atoms with Gasteiger partial charge in [-0.05, 0) is 18.9 Å². The molecular formula is C10H14F3N3. The number of hydrogen-bond donors (Lipinski definition) is 0. The van der Waals surface area contributed by atoms with Crippen molar-refractivity contribution < 1.29 is 13.2 Å². The predicted molar refractivity (Wildman–Crippen MR) is 53.0 cm³/mol. The van der Waals surface area contributed by atoms with Gasteiger partial charge in [0.15, 0.2) is 0 Å². The Morgan fingerprint density at radius 2 is 1.94 bits per heavy atom. The number of halogens is 3. The van der Waals surface area contributed by atoms with Crippen LogP contribution in [0.25, 0.3) is 0 Å². The summed E-state index contributed by atoms with van der Waals surface area (Å²) in [6, 6.07) is 2.08. The molecule has 3 nitrogen and oxygen atoms in total. The smallest absolute Gasteiger partial charge is 0.295 e. The minimum Gasteiger partial charge on any atom is -0.295 e. The van der Waals surface area contributed by atoms with Crippen molar-refractivity contribution in [2.45, 2.75) is 25.1 Å². The minimum atomic E-state index is -4.08. The van der Waals surface area contributed by atoms with Crippen LogP contribution in [0, 0.1) is 0 Å². The van der Waals surface area contributed by atoms with Crippen LogP contribution in [-0.4, -0.2) is 40.5 Å². The molecule has 1 aliphatic rings. The molecule has 0 aromatic carbocycles. The molecule has 0 radical (unpaired) electrons. The molecule has 0 aliphatic carbocycles. The van der Waals surface area contributed by atoms with E-state index in [4.69, 9.17) is 0 Å². The summed E-state index contributed by atoms with van der Waals surface area (Å²) in [6.45, 7) is 0.187. The third-order valence-electron chi connectivity index (χ3n) is 2.86. The van der Waals surface area contributed by atoms with Crippen LogP contribution in [0.3, 0.4) is 0 Å². The maximum absolute atomic E-state index is 12.2. The Balaban J connectivity index is 1.83. The molecule has 0 unspecified atom stereocenters. The van der Waals surface area contributed by atoms with Crippen molar-refractivity contribution in [2.24, 2.45) is 0 Å². The molecule has 1 saturated heterocycles. The molecule has 1 aliphatic heterocycles. The maximum atomic E-state index is 12.2. The molecule has 0 amide bonds. The zero-order valence-corrected chi connectivity index (χ0v) is 8.82. The zero-order valence-electron chi connectivity index (χ0n) is 8.82. The van der Waals surface area contributed by atoms with Crippen LogP contribution in [-0.2, 0) is 0 Å². The molecule has 6 heteroatoms. The summed E-state index contributed by atoms with van der Waals surface area (Å²) in [5.74, 6) is 0. The van der Waals surface area contributed by atoms with E-state index in [1.54, 1.807) is 6.20 Å². The second-order valence-electron chi connectivity index (χ2n) is 4.11. The largest absolute Gasteiger partial charge is 0.401 e. The summed E-state index contributed by atoms with van der Waals surface area (Å²) < 4.78 is 38.3. The minimum absolute atomic E-state index is 0.250. The molecule has 0 atom stereocenters. The molecule has 0 N–H and O–H groups in total. The fourth-order valence-electron chi connectivity index (χ4n) is 2.09. The van der Waals surface area contributed by atoms with Gasteiger partial charge in [-0.1, -0.05) is 0 Å². The number of alkyl halides is 3. The first-order valence-electron chi connectivity index (χ1n) is 5.33. The number of rotatable bonds is 2. The topological polar surface area (TPSA) is 21.1 Å². The van der Waals surface area contributed by atoms with Crippen LogP contribution < -0.4 is 0 Å². The SMILES string of the molecule is FC(F)(F)CN1CCC(n2cccn2)CC1. The lowest BCUT2D eigenvalue weighted by atomic mass is 10.1. The van der Waals surface area contributed by atoms with Gasteiger partial charge in [0.05, 0.1) is 12.6 Å². The molecule has 1 fully saturated rings. The first kappa shape index (κ1) is 11.4. The molecule has 0 saturated carbocycles. The average molecular weight is 233 g/mol. The van der Waals surface area contributed by atoms with E-state index >= 15 is 0 Å². The second-order valence-corrected chi connectivity index (χ2v) is 4.11. The van der Waals surface area contributed by atoms with Crippen LogP contribution in [0.15, 0.2) is 18.5 Å². The highest BCUT2D eigenvalue weighted by Gasteiger charge is 2.32. The summed E-state index contributed by atoms with van der Waals surface area (Å²) in [5, 5.41) is 4.12. The van der Waals surface area contributed by atoms with E-state index in [-0.39, 0.29) is 6.04 Å². The molecule has 90 valence electrons. The van der Waals surface area contributed by atoms with Crippen molar-refractivity contribution in [3.05, 3.63) is 18.5 Å². The van der Waals surface area contributed by atoms with E-state index in [1.807, 2.05) is 16.9 Å². The highest BCUT2D eigenvalue weighted by molar-refractivity contribution is 4.84. The molecule has 1 aromatic heterocycles. The number of aromatic nitrogens is 2. The lowest BCUT2D eigenvalue weighted by Crippen LogP contribution is -2.40. The normalized spacial score (nSPS) is 20.2. The van der Waals surface area contributed by atoms with Gasteiger partial charge in [-0.25, -0.2) is 0 Å². The van der Waals surface area contributed by atoms with Gasteiger partial charge >= 0.3 is 6.18 Å². The summed E-state index contributed by atoms with van der Waals surface area (Å²) in [4.78, 5) is 1.46. The van der Waals surface area contributed by atoms with Crippen molar-refractivity contribution in [1.29, 1.82) is 0 Å². The zero-order chi connectivity index (χ0) is 11.6. The fourth-order valence-corrected chi connectivity index (χ4v) is 2.09. The Labute approximate surface area is 91.8 Å². The van der Waals surface area contributed by atoms with Crippen LogP contribution in [0.5, 0.6) is 0 Å². The Bertz CT molecular complexity index is 313. The van der Waals surface area contributed by atoms with E-state index in [0.717, 1.165) is 12.8 Å². The van der Waals surface area contributed by atoms with Gasteiger partial charge in [-0.3, -0.25) is 9.58 Å². The van der Waals surface area contributed by atoms with Gasteiger partial charge in [0.2, 0.25) is 0 Å². The third kappa shape index (κ3) is 2.98. The Morgan fingerprint density at radius 1 is 1.25 bits per heavy atom. The summed E-state index contributed by atoms with van der Waals surface area (Å²) in [5.41, 5.74) is 0. The first-order valence-corrected chi connectivity index (χ1v) is 5.33. The first-order chi connectivity index (χ1) is 7.54. The van der Waals surface area contributed by atoms with Crippen LogP contribution >= 0.6 is 0 Å². The highest BCUT2D eigenvalue weighted by Crippen LogP contribution is 2.24. The van der Waals surface area contributed by atoms with Gasteiger partial charge in [-0.2, -0.15) is 18.3 Å². The van der Waals surface area contributed by atoms with Gasteiger partial charge < -0.3 is 0 Å². The van der Waals surface area contributed by atoms with E-state index < -0.39 is 12.7 Å². The van der Waals surface area contributed by atoms with Crippen molar-refractivity contribution in [3.63, 3.8) is 0 Å². The lowest BCUT2D eigenvalue weighted by molar-refractivity contribution is -0.148. The molecule has 2 rings (SSSR count). The van der Waals surface area contributed by atoms with Crippen LogP contribution in [0.2, 0.25) is 0 Å². The Hall–Kier alpha value is -1.04. The fraction of sp³-hybridized carbons (Fsp3) is 0.700. The Kier molecular flexibility index (Phi) is 3.18. The van der Waals surface area contributed by atoms with E-state index in [0.29, 0.717) is 13.1 Å². The van der Waals surface area contributed by atoms with E-state index in [1.165, 1.54) is 4.90 Å². The van der Waals surface area contributed by atoms with Crippen LogP contribution in [0.1, 0.15) is 18.9 Å². The number of hydrogen-bond acceptors (Lipinski definition) is 2. The molecule has 16 heavy (non-hydrogen) atoms. The van der Waals surface area contributed by atoms with E-state index in [9.17, 15) is 13.2 Å². The third-order valence-corrected chi connectivity index (χ3v) is 2.86. The van der Waals surface area contributed by atoms with Crippen LogP contribution in [0.4, 0.5) is 13.2 Å².